The van der Waals surface area contributed by atoms with Crippen LogP contribution in [0.5, 0.6) is 0 Å². The minimum absolute atomic E-state index is 0.638. The minimum Gasteiger partial charge on any atom is -0.330 e. The van der Waals surface area contributed by atoms with Crippen LogP contribution in [0.3, 0.4) is 0 Å². The van der Waals surface area contributed by atoms with Gasteiger partial charge in [-0.1, -0.05) is 6.92 Å². The number of fused-ring (bicyclic) bond motifs is 1. The zero-order valence-corrected chi connectivity index (χ0v) is 8.30. The van der Waals surface area contributed by atoms with Crippen molar-refractivity contribution in [3.63, 3.8) is 0 Å². The Balaban J connectivity index is 2.32. The summed E-state index contributed by atoms with van der Waals surface area (Å²) >= 11 is 0. The first-order valence-electron chi connectivity index (χ1n) is 4.97. The highest BCUT2D eigenvalue weighted by molar-refractivity contribution is 5.34. The van der Waals surface area contributed by atoms with Gasteiger partial charge in [-0.15, -0.1) is 0 Å². The summed E-state index contributed by atoms with van der Waals surface area (Å²) in [4.78, 5) is 0. The van der Waals surface area contributed by atoms with Crippen LogP contribution in [0.4, 0.5) is 0 Å². The van der Waals surface area contributed by atoms with Gasteiger partial charge in [0, 0.05) is 5.69 Å². The van der Waals surface area contributed by atoms with E-state index in [2.05, 4.69) is 24.0 Å². The number of aromatic amines is 1. The number of H-pyrrole nitrogens is 1. The van der Waals surface area contributed by atoms with Gasteiger partial charge in [-0.05, 0) is 43.7 Å². The molecule has 13 heavy (non-hydrogen) atoms. The molecule has 2 atom stereocenters. The highest BCUT2D eigenvalue weighted by atomic mass is 15.1. The Kier molecular flexibility index (Phi) is 2.12. The van der Waals surface area contributed by atoms with Crippen LogP contribution < -0.4 is 5.73 Å². The summed E-state index contributed by atoms with van der Waals surface area (Å²) < 4.78 is 0. The van der Waals surface area contributed by atoms with E-state index < -0.39 is 0 Å². The molecular weight excluding hydrogens is 162 g/mol. The Bertz CT molecular complexity index is 303. The first-order valence-corrected chi connectivity index (χ1v) is 4.97. The predicted molar refractivity (Wildman–Crippen MR) is 52.6 cm³/mol. The quantitative estimate of drug-likeness (QED) is 0.720. The van der Waals surface area contributed by atoms with Crippen molar-refractivity contribution in [1.82, 2.24) is 10.2 Å². The van der Waals surface area contributed by atoms with E-state index in [0.717, 1.165) is 19.4 Å². The lowest BCUT2D eigenvalue weighted by Gasteiger charge is -2.15. The zero-order valence-electron chi connectivity index (χ0n) is 8.30. The molecule has 0 bridgehead atoms. The Labute approximate surface area is 78.7 Å². The van der Waals surface area contributed by atoms with Gasteiger partial charge in [0.05, 0.1) is 5.69 Å². The third-order valence-electron chi connectivity index (χ3n) is 3.12. The fourth-order valence-corrected chi connectivity index (χ4v) is 2.48. The van der Waals surface area contributed by atoms with E-state index in [9.17, 15) is 0 Å². The van der Waals surface area contributed by atoms with Gasteiger partial charge in [-0.25, -0.2) is 0 Å². The molecule has 1 aliphatic rings. The van der Waals surface area contributed by atoms with E-state index in [1.807, 2.05) is 0 Å². The first kappa shape index (κ1) is 8.75. The molecule has 1 aromatic heterocycles. The molecule has 1 aliphatic carbocycles. The van der Waals surface area contributed by atoms with Crippen molar-refractivity contribution in [3.8, 4) is 0 Å². The van der Waals surface area contributed by atoms with E-state index in [0.29, 0.717) is 11.8 Å². The van der Waals surface area contributed by atoms with Gasteiger partial charge >= 0.3 is 0 Å². The third kappa shape index (κ3) is 1.27. The molecule has 1 heterocycles. The molecule has 2 unspecified atom stereocenters. The van der Waals surface area contributed by atoms with Crippen LogP contribution in [0.2, 0.25) is 0 Å². The summed E-state index contributed by atoms with van der Waals surface area (Å²) in [6, 6.07) is 0. The largest absolute Gasteiger partial charge is 0.330 e. The second-order valence-electron chi connectivity index (χ2n) is 4.07. The van der Waals surface area contributed by atoms with Crippen molar-refractivity contribution in [2.24, 2.45) is 11.7 Å². The topological polar surface area (TPSA) is 54.7 Å². The number of nitrogens with one attached hydrogen (secondary N) is 1. The van der Waals surface area contributed by atoms with Gasteiger partial charge in [-0.3, -0.25) is 5.10 Å². The van der Waals surface area contributed by atoms with Gasteiger partial charge in [0.15, 0.2) is 0 Å². The van der Waals surface area contributed by atoms with E-state index >= 15 is 0 Å². The number of nitrogens with zero attached hydrogens (tertiary/aromatic N) is 1. The number of rotatable bonds is 2. The fourth-order valence-electron chi connectivity index (χ4n) is 2.48. The first-order chi connectivity index (χ1) is 6.24. The Morgan fingerprint density at radius 2 is 2.38 bits per heavy atom. The van der Waals surface area contributed by atoms with Crippen molar-refractivity contribution in [1.29, 1.82) is 0 Å². The van der Waals surface area contributed by atoms with Crippen LogP contribution in [0.1, 0.15) is 36.2 Å². The molecular formula is C10H17N3. The molecule has 3 nitrogen and oxygen atoms in total. The van der Waals surface area contributed by atoms with Crippen molar-refractivity contribution in [3.05, 3.63) is 17.0 Å². The standard InChI is InChI=1S/C10H17N3/c1-6-5-9-10(7(2)12-13-9)8(6)3-4-11/h6,8H,3-5,11H2,1-2H3,(H,12,13). The van der Waals surface area contributed by atoms with Crippen LogP contribution in [-0.4, -0.2) is 16.7 Å². The molecule has 0 saturated carbocycles. The highest BCUT2D eigenvalue weighted by Gasteiger charge is 2.32. The molecule has 0 amide bonds. The van der Waals surface area contributed by atoms with Crippen LogP contribution in [-0.2, 0) is 6.42 Å². The van der Waals surface area contributed by atoms with E-state index in [-0.39, 0.29) is 0 Å². The molecule has 2 rings (SSSR count). The Morgan fingerprint density at radius 3 is 3.08 bits per heavy atom. The molecule has 0 aliphatic heterocycles. The van der Waals surface area contributed by atoms with Gasteiger partial charge in [-0.2, -0.15) is 5.10 Å². The van der Waals surface area contributed by atoms with Crippen LogP contribution >= 0.6 is 0 Å². The lowest BCUT2D eigenvalue weighted by atomic mass is 9.90. The number of nitrogens with two attached hydrogens (primary N) is 1. The zero-order chi connectivity index (χ0) is 9.42. The maximum atomic E-state index is 5.62. The number of aromatic nitrogens is 2. The van der Waals surface area contributed by atoms with E-state index in [4.69, 9.17) is 5.73 Å². The van der Waals surface area contributed by atoms with E-state index in [1.165, 1.54) is 17.0 Å². The van der Waals surface area contributed by atoms with Crippen LogP contribution in [0, 0.1) is 12.8 Å². The van der Waals surface area contributed by atoms with Gasteiger partial charge < -0.3 is 5.73 Å². The van der Waals surface area contributed by atoms with E-state index in [1.54, 1.807) is 0 Å². The maximum Gasteiger partial charge on any atom is 0.0662 e. The minimum atomic E-state index is 0.638. The monoisotopic (exact) mass is 179 g/mol. The molecule has 0 fully saturated rings. The second kappa shape index (κ2) is 3.14. The number of hydrogen-bond acceptors (Lipinski definition) is 2. The normalized spacial score (nSPS) is 26.4. The smallest absolute Gasteiger partial charge is 0.0662 e. The lowest BCUT2D eigenvalue weighted by molar-refractivity contribution is 0.469. The molecule has 0 aromatic carbocycles. The van der Waals surface area contributed by atoms with Crippen molar-refractivity contribution in [2.75, 3.05) is 6.54 Å². The molecule has 3 heteroatoms. The average Bonchev–Trinajstić information content (AvgIpc) is 2.57. The van der Waals surface area contributed by atoms with Crippen LogP contribution in [0.25, 0.3) is 0 Å². The SMILES string of the molecule is Cc1[nH]nc2c1C(CCN)C(C)C2. The molecule has 3 N–H and O–H groups in total. The average molecular weight is 179 g/mol. The molecule has 0 spiro atoms. The van der Waals surface area contributed by atoms with Crippen LogP contribution in [0.15, 0.2) is 0 Å². The second-order valence-corrected chi connectivity index (χ2v) is 4.07. The summed E-state index contributed by atoms with van der Waals surface area (Å²) in [5, 5.41) is 7.37. The predicted octanol–water partition coefficient (Wildman–Crippen LogP) is 1.34. The summed E-state index contributed by atoms with van der Waals surface area (Å²) in [7, 11) is 0. The molecule has 72 valence electrons. The molecule has 0 saturated heterocycles. The fraction of sp³-hybridized carbons (Fsp3) is 0.700. The highest BCUT2D eigenvalue weighted by Crippen LogP contribution is 2.40. The van der Waals surface area contributed by atoms with Gasteiger partial charge in [0.1, 0.15) is 0 Å². The third-order valence-corrected chi connectivity index (χ3v) is 3.12. The Morgan fingerprint density at radius 1 is 1.62 bits per heavy atom. The maximum absolute atomic E-state index is 5.62. The summed E-state index contributed by atoms with van der Waals surface area (Å²) in [5.74, 6) is 1.35. The summed E-state index contributed by atoms with van der Waals surface area (Å²) in [5.41, 5.74) is 9.56. The number of hydrogen-bond donors (Lipinski definition) is 2. The summed E-state index contributed by atoms with van der Waals surface area (Å²) in [6.45, 7) is 5.17. The molecule has 1 aromatic rings. The van der Waals surface area contributed by atoms with Crippen molar-refractivity contribution < 1.29 is 0 Å². The van der Waals surface area contributed by atoms with Gasteiger partial charge in [0.2, 0.25) is 0 Å². The lowest BCUT2D eigenvalue weighted by Crippen LogP contribution is -2.11. The number of aryl methyl sites for hydroxylation is 1. The summed E-state index contributed by atoms with van der Waals surface area (Å²) in [6.07, 6.45) is 2.21. The Hall–Kier alpha value is -0.830. The van der Waals surface area contributed by atoms with Crippen molar-refractivity contribution >= 4 is 0 Å². The van der Waals surface area contributed by atoms with Crippen molar-refractivity contribution in [2.45, 2.75) is 32.6 Å². The van der Waals surface area contributed by atoms with Gasteiger partial charge in [0.25, 0.3) is 0 Å². The molecule has 0 radical (unpaired) electrons.